The summed E-state index contributed by atoms with van der Waals surface area (Å²) in [7, 11) is 1.56. The van der Waals surface area contributed by atoms with Gasteiger partial charge < -0.3 is 20.3 Å². The predicted molar refractivity (Wildman–Crippen MR) is 107 cm³/mol. The number of nitrogens with zero attached hydrogens (tertiary/aromatic N) is 4. The Bertz CT molecular complexity index is 617. The Morgan fingerprint density at radius 2 is 1.69 bits per heavy atom. The summed E-state index contributed by atoms with van der Waals surface area (Å²) in [6.07, 6.45) is 5.57. The Balaban J connectivity index is 2.26. The van der Waals surface area contributed by atoms with Crippen LogP contribution in [0.25, 0.3) is 0 Å². The molecule has 0 radical (unpaired) electrons. The largest absolute Gasteiger partial charge is 0.467 e. The number of methoxy groups -OCH3 is 1. The number of piperidine rings is 1. The summed E-state index contributed by atoms with van der Waals surface area (Å²) in [6.45, 7) is 17.7. The molecule has 0 saturated carbocycles. The van der Waals surface area contributed by atoms with Crippen LogP contribution in [-0.4, -0.2) is 52.3 Å². The zero-order valence-corrected chi connectivity index (χ0v) is 16.7. The maximum absolute atomic E-state index is 5.28. The molecular formula is C19H32N6O. The second-order valence-electron chi connectivity index (χ2n) is 8.07. The fourth-order valence-corrected chi connectivity index (χ4v) is 3.80. The zero-order chi connectivity index (χ0) is 19.4. The quantitative estimate of drug-likeness (QED) is 0.690. The normalized spacial score (nSPS) is 18.8. The molecule has 1 aromatic heterocycles. The van der Waals surface area contributed by atoms with E-state index < -0.39 is 0 Å². The van der Waals surface area contributed by atoms with Crippen LogP contribution in [0, 0.1) is 0 Å². The van der Waals surface area contributed by atoms with Crippen LogP contribution in [0.4, 0.5) is 11.9 Å². The van der Waals surface area contributed by atoms with E-state index >= 15 is 0 Å². The van der Waals surface area contributed by atoms with Crippen LogP contribution in [0.1, 0.15) is 40.5 Å². The third kappa shape index (κ3) is 5.42. The first kappa shape index (κ1) is 20.2. The maximum Gasteiger partial charge on any atom is 0.322 e. The van der Waals surface area contributed by atoms with Crippen molar-refractivity contribution < 1.29 is 4.74 Å². The summed E-state index contributed by atoms with van der Waals surface area (Å²) < 4.78 is 5.28. The maximum atomic E-state index is 5.28. The van der Waals surface area contributed by atoms with Crippen molar-refractivity contribution in [3.63, 3.8) is 0 Å². The number of rotatable bonds is 8. The molecule has 1 aromatic rings. The van der Waals surface area contributed by atoms with Gasteiger partial charge in [-0.2, -0.15) is 15.0 Å². The predicted octanol–water partition coefficient (Wildman–Crippen LogP) is 2.78. The lowest BCUT2D eigenvalue weighted by Crippen LogP contribution is -2.60. The van der Waals surface area contributed by atoms with Crippen LogP contribution >= 0.6 is 0 Å². The SMILES string of the molecule is C=CCN(CC=C)c1nc(NC2CC(C)(C)NC(C)(C)C2)nc(OC)n1. The highest BCUT2D eigenvalue weighted by molar-refractivity contribution is 5.40. The molecule has 1 saturated heterocycles. The van der Waals surface area contributed by atoms with E-state index in [0.717, 1.165) is 12.8 Å². The molecule has 2 heterocycles. The summed E-state index contributed by atoms with van der Waals surface area (Å²) in [4.78, 5) is 15.3. The molecule has 0 amide bonds. The Morgan fingerprint density at radius 3 is 2.19 bits per heavy atom. The lowest BCUT2D eigenvalue weighted by molar-refractivity contribution is 0.170. The van der Waals surface area contributed by atoms with Gasteiger partial charge in [0.1, 0.15) is 0 Å². The van der Waals surface area contributed by atoms with E-state index in [2.05, 4.69) is 66.4 Å². The third-order valence-corrected chi connectivity index (χ3v) is 4.29. The van der Waals surface area contributed by atoms with Crippen LogP contribution in [0.15, 0.2) is 25.3 Å². The molecule has 7 nitrogen and oxygen atoms in total. The van der Waals surface area contributed by atoms with Crippen LogP contribution in [-0.2, 0) is 0 Å². The molecule has 7 heteroatoms. The van der Waals surface area contributed by atoms with Crippen molar-refractivity contribution in [2.45, 2.75) is 57.7 Å². The minimum atomic E-state index is 0.0388. The van der Waals surface area contributed by atoms with Crippen molar-refractivity contribution in [2.24, 2.45) is 0 Å². The molecule has 0 aliphatic carbocycles. The van der Waals surface area contributed by atoms with E-state index in [1.165, 1.54) is 0 Å². The van der Waals surface area contributed by atoms with Gasteiger partial charge in [0.05, 0.1) is 7.11 Å². The topological polar surface area (TPSA) is 75.2 Å². The number of aromatic nitrogens is 3. The van der Waals surface area contributed by atoms with Gasteiger partial charge in [-0.1, -0.05) is 12.2 Å². The highest BCUT2D eigenvalue weighted by Gasteiger charge is 2.38. The standard InChI is InChI=1S/C19H32N6O/c1-8-10-25(11-9-2)16-21-15(22-17(23-16)26-7)20-14-12-18(3,4)24-19(5,6)13-14/h8-9,14,24H,1-2,10-13H2,3-7H3,(H,20,21,22,23). The number of ether oxygens (including phenoxy) is 1. The molecule has 0 atom stereocenters. The van der Waals surface area contributed by atoms with E-state index in [9.17, 15) is 0 Å². The Labute approximate surface area is 157 Å². The van der Waals surface area contributed by atoms with Crippen LogP contribution in [0.5, 0.6) is 6.01 Å². The van der Waals surface area contributed by atoms with Crippen molar-refractivity contribution in [3.8, 4) is 6.01 Å². The summed E-state index contributed by atoms with van der Waals surface area (Å²) in [5.74, 6) is 1.08. The molecule has 1 fully saturated rings. The molecule has 1 aliphatic rings. The molecule has 0 spiro atoms. The molecule has 2 N–H and O–H groups in total. The number of hydrogen-bond donors (Lipinski definition) is 2. The molecule has 144 valence electrons. The average Bonchev–Trinajstić information content (AvgIpc) is 2.51. The van der Waals surface area contributed by atoms with Crippen LogP contribution in [0.2, 0.25) is 0 Å². The first-order valence-corrected chi connectivity index (χ1v) is 9.01. The molecule has 26 heavy (non-hydrogen) atoms. The van der Waals surface area contributed by atoms with E-state index in [1.807, 2.05) is 17.1 Å². The zero-order valence-electron chi connectivity index (χ0n) is 16.7. The van der Waals surface area contributed by atoms with Gasteiger partial charge in [0, 0.05) is 30.2 Å². The first-order valence-electron chi connectivity index (χ1n) is 9.01. The minimum Gasteiger partial charge on any atom is -0.467 e. The van der Waals surface area contributed by atoms with Gasteiger partial charge in [0.25, 0.3) is 0 Å². The Hall–Kier alpha value is -2.15. The summed E-state index contributed by atoms with van der Waals surface area (Å²) >= 11 is 0. The average molecular weight is 361 g/mol. The smallest absolute Gasteiger partial charge is 0.322 e. The van der Waals surface area contributed by atoms with Crippen LogP contribution < -0.4 is 20.3 Å². The molecular weight excluding hydrogens is 328 g/mol. The van der Waals surface area contributed by atoms with Crippen molar-refractivity contribution in [2.75, 3.05) is 30.4 Å². The fourth-order valence-electron chi connectivity index (χ4n) is 3.80. The Morgan fingerprint density at radius 1 is 1.12 bits per heavy atom. The molecule has 0 aromatic carbocycles. The number of anilines is 2. The van der Waals surface area contributed by atoms with Gasteiger partial charge >= 0.3 is 6.01 Å². The molecule has 0 bridgehead atoms. The monoisotopic (exact) mass is 360 g/mol. The lowest BCUT2D eigenvalue weighted by atomic mass is 9.80. The van der Waals surface area contributed by atoms with E-state index in [0.29, 0.717) is 31.0 Å². The van der Waals surface area contributed by atoms with Gasteiger partial charge in [-0.15, -0.1) is 13.2 Å². The van der Waals surface area contributed by atoms with Crippen molar-refractivity contribution >= 4 is 11.9 Å². The lowest BCUT2D eigenvalue weighted by Gasteiger charge is -2.46. The summed E-state index contributed by atoms with van der Waals surface area (Å²) in [6, 6.07) is 0.552. The van der Waals surface area contributed by atoms with Crippen molar-refractivity contribution in [1.82, 2.24) is 20.3 Å². The van der Waals surface area contributed by atoms with E-state index in [4.69, 9.17) is 4.74 Å². The van der Waals surface area contributed by atoms with Crippen molar-refractivity contribution in [3.05, 3.63) is 25.3 Å². The summed E-state index contributed by atoms with van der Waals surface area (Å²) in [5, 5.41) is 7.17. The molecule has 2 rings (SSSR count). The van der Waals surface area contributed by atoms with Gasteiger partial charge in [0.15, 0.2) is 0 Å². The molecule has 0 unspecified atom stereocenters. The van der Waals surface area contributed by atoms with Gasteiger partial charge in [-0.05, 0) is 40.5 Å². The Kier molecular flexibility index (Phi) is 6.23. The van der Waals surface area contributed by atoms with Gasteiger partial charge in [-0.25, -0.2) is 0 Å². The second-order valence-corrected chi connectivity index (χ2v) is 8.07. The second kappa shape index (κ2) is 8.03. The number of hydrogen-bond acceptors (Lipinski definition) is 7. The molecule has 1 aliphatic heterocycles. The highest BCUT2D eigenvalue weighted by Crippen LogP contribution is 2.30. The minimum absolute atomic E-state index is 0.0388. The van der Waals surface area contributed by atoms with Gasteiger partial charge in [-0.3, -0.25) is 0 Å². The first-order chi connectivity index (χ1) is 12.2. The van der Waals surface area contributed by atoms with Crippen molar-refractivity contribution in [1.29, 1.82) is 0 Å². The highest BCUT2D eigenvalue weighted by atomic mass is 16.5. The van der Waals surface area contributed by atoms with Gasteiger partial charge in [0.2, 0.25) is 11.9 Å². The van der Waals surface area contributed by atoms with E-state index in [-0.39, 0.29) is 17.1 Å². The summed E-state index contributed by atoms with van der Waals surface area (Å²) in [5.41, 5.74) is 0.0775. The van der Waals surface area contributed by atoms with Crippen LogP contribution in [0.3, 0.4) is 0 Å². The fraction of sp³-hybridized carbons (Fsp3) is 0.632. The van der Waals surface area contributed by atoms with E-state index in [1.54, 1.807) is 7.11 Å². The number of nitrogens with one attached hydrogen (secondary N) is 2. The third-order valence-electron chi connectivity index (χ3n) is 4.29.